The minimum Gasteiger partial charge on any atom is -0.343 e. The summed E-state index contributed by atoms with van der Waals surface area (Å²) in [7, 11) is 0. The second kappa shape index (κ2) is 4.34. The van der Waals surface area contributed by atoms with Gasteiger partial charge in [0.05, 0.1) is 0 Å². The highest BCUT2D eigenvalue weighted by atomic mass is 16.2. The summed E-state index contributed by atoms with van der Waals surface area (Å²) < 4.78 is 0. The van der Waals surface area contributed by atoms with Gasteiger partial charge in [-0.2, -0.15) is 0 Å². The average molecular weight is 156 g/mol. The van der Waals surface area contributed by atoms with E-state index in [0.717, 1.165) is 32.6 Å². The largest absolute Gasteiger partial charge is 0.343 e. The van der Waals surface area contributed by atoms with Crippen LogP contribution in [0, 0.1) is 0 Å². The van der Waals surface area contributed by atoms with Crippen molar-refractivity contribution in [2.24, 2.45) is 0 Å². The molecule has 0 bridgehead atoms. The number of hydrogen-bond acceptors (Lipinski definition) is 2. The molecule has 1 saturated heterocycles. The van der Waals surface area contributed by atoms with Crippen molar-refractivity contribution in [3.05, 3.63) is 0 Å². The second-order valence-corrected chi connectivity index (χ2v) is 2.83. The van der Waals surface area contributed by atoms with E-state index >= 15 is 0 Å². The molecule has 1 fully saturated rings. The van der Waals surface area contributed by atoms with E-state index < -0.39 is 0 Å². The molecule has 1 aliphatic rings. The van der Waals surface area contributed by atoms with Crippen molar-refractivity contribution < 1.29 is 4.79 Å². The number of nitrogens with one attached hydrogen (secondary N) is 1. The van der Waals surface area contributed by atoms with Crippen molar-refractivity contribution >= 4 is 5.91 Å². The summed E-state index contributed by atoms with van der Waals surface area (Å²) in [6, 6.07) is 0. The minimum atomic E-state index is 0.291. The van der Waals surface area contributed by atoms with Crippen LogP contribution in [0.1, 0.15) is 19.8 Å². The summed E-state index contributed by atoms with van der Waals surface area (Å²) in [6.07, 6.45) is 1.74. The third-order valence-corrected chi connectivity index (χ3v) is 2.03. The highest BCUT2D eigenvalue weighted by Gasteiger charge is 2.12. The summed E-state index contributed by atoms with van der Waals surface area (Å²) in [5.74, 6) is 0.291. The SMILES string of the molecule is CCN1CCCNCCC1=O. The quantitative estimate of drug-likeness (QED) is 0.589. The topological polar surface area (TPSA) is 32.3 Å². The van der Waals surface area contributed by atoms with Gasteiger partial charge in [0.1, 0.15) is 0 Å². The first kappa shape index (κ1) is 8.53. The zero-order valence-corrected chi connectivity index (χ0v) is 7.10. The summed E-state index contributed by atoms with van der Waals surface area (Å²) in [5, 5.41) is 3.21. The smallest absolute Gasteiger partial charge is 0.223 e. The molecule has 0 aromatic carbocycles. The van der Waals surface area contributed by atoms with Crippen molar-refractivity contribution in [2.45, 2.75) is 19.8 Å². The highest BCUT2D eigenvalue weighted by Crippen LogP contribution is 1.98. The summed E-state index contributed by atoms with van der Waals surface area (Å²) in [5.41, 5.74) is 0. The van der Waals surface area contributed by atoms with Crippen LogP contribution in [0.2, 0.25) is 0 Å². The Morgan fingerprint density at radius 3 is 3.09 bits per heavy atom. The second-order valence-electron chi connectivity index (χ2n) is 2.83. The molecule has 64 valence electrons. The molecule has 0 aromatic heterocycles. The fourth-order valence-electron chi connectivity index (χ4n) is 1.33. The van der Waals surface area contributed by atoms with E-state index in [9.17, 15) is 4.79 Å². The Labute approximate surface area is 67.8 Å². The number of nitrogens with zero attached hydrogens (tertiary/aromatic N) is 1. The summed E-state index contributed by atoms with van der Waals surface area (Å²) in [4.78, 5) is 13.2. The van der Waals surface area contributed by atoms with E-state index in [1.54, 1.807) is 0 Å². The molecule has 0 radical (unpaired) electrons. The molecule has 3 nitrogen and oxygen atoms in total. The summed E-state index contributed by atoms with van der Waals surface area (Å²) in [6.45, 7) is 5.70. The van der Waals surface area contributed by atoms with Crippen molar-refractivity contribution in [3.63, 3.8) is 0 Å². The van der Waals surface area contributed by atoms with E-state index in [-0.39, 0.29) is 0 Å². The molecule has 1 aliphatic heterocycles. The van der Waals surface area contributed by atoms with Crippen molar-refractivity contribution in [3.8, 4) is 0 Å². The van der Waals surface area contributed by atoms with E-state index in [0.29, 0.717) is 12.3 Å². The minimum absolute atomic E-state index is 0.291. The molecule has 0 atom stereocenters. The lowest BCUT2D eigenvalue weighted by molar-refractivity contribution is -0.131. The monoisotopic (exact) mass is 156 g/mol. The molecule has 0 aromatic rings. The van der Waals surface area contributed by atoms with Crippen LogP contribution in [0.5, 0.6) is 0 Å². The first-order valence-corrected chi connectivity index (χ1v) is 4.33. The van der Waals surface area contributed by atoms with Gasteiger partial charge in [0.25, 0.3) is 0 Å². The Morgan fingerprint density at radius 2 is 2.36 bits per heavy atom. The highest BCUT2D eigenvalue weighted by molar-refractivity contribution is 5.76. The average Bonchev–Trinajstić information content (AvgIpc) is 1.98. The molecule has 1 rings (SSSR count). The van der Waals surface area contributed by atoms with Crippen molar-refractivity contribution in [1.82, 2.24) is 10.2 Å². The molecule has 0 unspecified atom stereocenters. The van der Waals surface area contributed by atoms with Crippen molar-refractivity contribution in [1.29, 1.82) is 0 Å². The molecule has 3 heteroatoms. The van der Waals surface area contributed by atoms with Gasteiger partial charge in [-0.25, -0.2) is 0 Å². The van der Waals surface area contributed by atoms with Gasteiger partial charge in [0.2, 0.25) is 5.91 Å². The standard InChI is InChI=1S/C8H16N2O/c1-2-10-7-3-5-9-6-4-8(10)11/h9H,2-7H2,1H3. The van der Waals surface area contributed by atoms with Gasteiger partial charge in [-0.1, -0.05) is 0 Å². The Hall–Kier alpha value is -0.570. The Bertz CT molecular complexity index is 136. The number of carbonyl (C=O) groups is 1. The molecule has 0 saturated carbocycles. The maximum absolute atomic E-state index is 11.3. The maximum Gasteiger partial charge on any atom is 0.223 e. The first-order chi connectivity index (χ1) is 5.34. The zero-order chi connectivity index (χ0) is 8.10. The Kier molecular flexibility index (Phi) is 3.36. The Morgan fingerprint density at radius 1 is 1.55 bits per heavy atom. The predicted molar refractivity (Wildman–Crippen MR) is 44.4 cm³/mol. The third-order valence-electron chi connectivity index (χ3n) is 2.03. The molecule has 1 amide bonds. The lowest BCUT2D eigenvalue weighted by Crippen LogP contribution is -2.38. The van der Waals surface area contributed by atoms with Crippen LogP contribution in [0.15, 0.2) is 0 Å². The van der Waals surface area contributed by atoms with Gasteiger partial charge >= 0.3 is 0 Å². The lowest BCUT2D eigenvalue weighted by atomic mass is 10.2. The molecule has 0 spiro atoms. The fourth-order valence-corrected chi connectivity index (χ4v) is 1.33. The lowest BCUT2D eigenvalue weighted by Gasteiger charge is -2.23. The number of carbonyl (C=O) groups excluding carboxylic acids is 1. The predicted octanol–water partition coefficient (Wildman–Crippen LogP) is 0.218. The van der Waals surface area contributed by atoms with Gasteiger partial charge in [-0.15, -0.1) is 0 Å². The molecular weight excluding hydrogens is 140 g/mol. The molecule has 11 heavy (non-hydrogen) atoms. The third kappa shape index (κ3) is 2.50. The molecule has 1 N–H and O–H groups in total. The van der Waals surface area contributed by atoms with E-state index in [1.807, 2.05) is 11.8 Å². The van der Waals surface area contributed by atoms with Gasteiger partial charge in [-0.3, -0.25) is 4.79 Å². The zero-order valence-electron chi connectivity index (χ0n) is 7.10. The summed E-state index contributed by atoms with van der Waals surface area (Å²) >= 11 is 0. The fraction of sp³-hybridized carbons (Fsp3) is 0.875. The van der Waals surface area contributed by atoms with Crippen molar-refractivity contribution in [2.75, 3.05) is 26.2 Å². The molecular formula is C8H16N2O. The van der Waals surface area contributed by atoms with Crippen LogP contribution in [0.3, 0.4) is 0 Å². The van der Waals surface area contributed by atoms with Crippen LogP contribution >= 0.6 is 0 Å². The van der Waals surface area contributed by atoms with Gasteiger partial charge in [0.15, 0.2) is 0 Å². The first-order valence-electron chi connectivity index (χ1n) is 4.33. The van der Waals surface area contributed by atoms with Gasteiger partial charge < -0.3 is 10.2 Å². The van der Waals surface area contributed by atoms with Gasteiger partial charge in [-0.05, 0) is 19.9 Å². The number of hydrogen-bond donors (Lipinski definition) is 1. The normalized spacial score (nSPS) is 21.2. The van der Waals surface area contributed by atoms with E-state index in [1.165, 1.54) is 0 Å². The van der Waals surface area contributed by atoms with Crippen LogP contribution in [0.25, 0.3) is 0 Å². The van der Waals surface area contributed by atoms with Crippen LogP contribution in [-0.2, 0) is 4.79 Å². The number of amides is 1. The van der Waals surface area contributed by atoms with Gasteiger partial charge in [0, 0.05) is 26.1 Å². The van der Waals surface area contributed by atoms with E-state index in [4.69, 9.17) is 0 Å². The van der Waals surface area contributed by atoms with Crippen LogP contribution < -0.4 is 5.32 Å². The Balaban J connectivity index is 2.39. The van der Waals surface area contributed by atoms with Crippen LogP contribution in [-0.4, -0.2) is 37.0 Å². The van der Waals surface area contributed by atoms with E-state index in [2.05, 4.69) is 5.32 Å². The maximum atomic E-state index is 11.3. The number of rotatable bonds is 1. The molecule has 0 aliphatic carbocycles. The molecule has 1 heterocycles. The van der Waals surface area contributed by atoms with Crippen LogP contribution in [0.4, 0.5) is 0 Å².